The van der Waals surface area contributed by atoms with Gasteiger partial charge in [0.2, 0.25) is 0 Å². The van der Waals surface area contributed by atoms with Gasteiger partial charge in [0, 0.05) is 34.8 Å². The summed E-state index contributed by atoms with van der Waals surface area (Å²) in [6.07, 6.45) is 4.02. The van der Waals surface area contributed by atoms with E-state index in [0.717, 1.165) is 44.7 Å². The number of aliphatic imine (C=N–C) groups is 1. The van der Waals surface area contributed by atoms with Gasteiger partial charge in [0.15, 0.2) is 0 Å². The van der Waals surface area contributed by atoms with Gasteiger partial charge in [-0.2, -0.15) is 0 Å². The summed E-state index contributed by atoms with van der Waals surface area (Å²) >= 11 is 0. The third kappa shape index (κ3) is 5.14. The molecule has 5 aromatic rings. The number of rotatable bonds is 6. The van der Waals surface area contributed by atoms with Gasteiger partial charge in [-0.15, -0.1) is 0 Å². The van der Waals surface area contributed by atoms with E-state index in [1.807, 2.05) is 48.5 Å². The first-order valence-electron chi connectivity index (χ1n) is 11.3. The molecule has 2 heterocycles. The van der Waals surface area contributed by atoms with Crippen molar-refractivity contribution in [2.24, 2.45) is 4.99 Å². The summed E-state index contributed by atoms with van der Waals surface area (Å²) in [7, 11) is 1.37. The standard InChI is InChI=1S/C30H23N3O2/c1-35-30(34)24-14-15-31-26(18-24)17-21-12-13-28-25(16-21)19-27(20-32-28)33-29(22-8-4-2-5-9-22)23-10-6-3-7-11-23/h2-16,18-20H,17H2,1H3. The fourth-order valence-corrected chi connectivity index (χ4v) is 3.99. The molecule has 0 spiro atoms. The first kappa shape index (κ1) is 22.2. The third-order valence-electron chi connectivity index (χ3n) is 5.69. The van der Waals surface area contributed by atoms with Crippen molar-refractivity contribution in [2.75, 3.05) is 7.11 Å². The van der Waals surface area contributed by atoms with E-state index >= 15 is 0 Å². The quantitative estimate of drug-likeness (QED) is 0.226. The van der Waals surface area contributed by atoms with Crippen LogP contribution in [0.4, 0.5) is 5.69 Å². The number of methoxy groups -OCH3 is 1. The van der Waals surface area contributed by atoms with E-state index in [-0.39, 0.29) is 5.97 Å². The topological polar surface area (TPSA) is 64.4 Å². The summed E-state index contributed by atoms with van der Waals surface area (Å²) in [5, 5.41) is 0.994. The number of pyridine rings is 2. The smallest absolute Gasteiger partial charge is 0.337 e. The molecule has 0 radical (unpaired) electrons. The molecular weight excluding hydrogens is 434 g/mol. The zero-order chi connectivity index (χ0) is 24.0. The van der Waals surface area contributed by atoms with Crippen LogP contribution in [0.25, 0.3) is 10.9 Å². The van der Waals surface area contributed by atoms with Gasteiger partial charge in [0.1, 0.15) is 0 Å². The van der Waals surface area contributed by atoms with Gasteiger partial charge >= 0.3 is 5.97 Å². The van der Waals surface area contributed by atoms with Crippen molar-refractivity contribution in [3.8, 4) is 0 Å². The number of nitrogens with zero attached hydrogens (tertiary/aromatic N) is 3. The summed E-state index contributed by atoms with van der Waals surface area (Å²) in [6, 6.07) is 31.9. The molecule has 0 fully saturated rings. The Bertz CT molecular complexity index is 1470. The molecule has 0 aliphatic rings. The molecule has 0 amide bonds. The molecule has 0 saturated carbocycles. The van der Waals surface area contributed by atoms with E-state index in [0.29, 0.717) is 12.0 Å². The van der Waals surface area contributed by atoms with Crippen molar-refractivity contribution in [1.82, 2.24) is 9.97 Å². The van der Waals surface area contributed by atoms with Crippen LogP contribution in [0.15, 0.2) is 114 Å². The largest absolute Gasteiger partial charge is 0.465 e. The fourth-order valence-electron chi connectivity index (χ4n) is 3.99. The van der Waals surface area contributed by atoms with Crippen molar-refractivity contribution < 1.29 is 9.53 Å². The molecule has 2 aromatic heterocycles. The van der Waals surface area contributed by atoms with Crippen LogP contribution < -0.4 is 0 Å². The van der Waals surface area contributed by atoms with Crippen LogP contribution in [-0.2, 0) is 11.2 Å². The Morgan fingerprint density at radius 3 is 2.20 bits per heavy atom. The number of hydrogen-bond donors (Lipinski definition) is 0. The third-order valence-corrected chi connectivity index (χ3v) is 5.69. The molecule has 0 unspecified atom stereocenters. The maximum atomic E-state index is 11.9. The summed E-state index contributed by atoms with van der Waals surface area (Å²) < 4.78 is 4.82. The van der Waals surface area contributed by atoms with Crippen LogP contribution >= 0.6 is 0 Å². The Labute approximate surface area is 203 Å². The Balaban J connectivity index is 1.50. The van der Waals surface area contributed by atoms with Crippen LogP contribution in [0.2, 0.25) is 0 Å². The van der Waals surface area contributed by atoms with Crippen molar-refractivity contribution in [3.63, 3.8) is 0 Å². The molecule has 0 atom stereocenters. The van der Waals surface area contributed by atoms with E-state index in [1.165, 1.54) is 7.11 Å². The molecule has 35 heavy (non-hydrogen) atoms. The predicted octanol–water partition coefficient (Wildman–Crippen LogP) is 6.18. The molecule has 5 nitrogen and oxygen atoms in total. The highest BCUT2D eigenvalue weighted by molar-refractivity contribution is 6.14. The molecule has 0 aliphatic carbocycles. The zero-order valence-electron chi connectivity index (χ0n) is 19.3. The van der Waals surface area contributed by atoms with Crippen LogP contribution in [-0.4, -0.2) is 28.8 Å². The molecular formula is C30H23N3O2. The first-order valence-corrected chi connectivity index (χ1v) is 11.3. The second-order valence-corrected chi connectivity index (χ2v) is 8.12. The summed E-state index contributed by atoms with van der Waals surface area (Å²) in [5.74, 6) is -0.369. The first-order chi connectivity index (χ1) is 17.2. The highest BCUT2D eigenvalue weighted by atomic mass is 16.5. The van der Waals surface area contributed by atoms with Crippen molar-refractivity contribution >= 4 is 28.3 Å². The van der Waals surface area contributed by atoms with E-state index in [1.54, 1.807) is 24.5 Å². The lowest BCUT2D eigenvalue weighted by atomic mass is 10.0. The minimum Gasteiger partial charge on any atom is -0.465 e. The molecule has 0 saturated heterocycles. The summed E-state index contributed by atoms with van der Waals surface area (Å²) in [6.45, 7) is 0. The highest BCUT2D eigenvalue weighted by Gasteiger charge is 2.09. The van der Waals surface area contributed by atoms with Gasteiger partial charge < -0.3 is 4.74 Å². The van der Waals surface area contributed by atoms with Gasteiger partial charge in [-0.05, 0) is 35.9 Å². The Hall–Kier alpha value is -4.64. The second-order valence-electron chi connectivity index (χ2n) is 8.12. The molecule has 170 valence electrons. The number of hydrogen-bond acceptors (Lipinski definition) is 5. The van der Waals surface area contributed by atoms with Crippen LogP contribution in [0.3, 0.4) is 0 Å². The Morgan fingerprint density at radius 2 is 1.51 bits per heavy atom. The van der Waals surface area contributed by atoms with E-state index in [2.05, 4.69) is 46.4 Å². The van der Waals surface area contributed by atoms with E-state index < -0.39 is 0 Å². The van der Waals surface area contributed by atoms with E-state index in [4.69, 9.17) is 9.73 Å². The monoisotopic (exact) mass is 457 g/mol. The van der Waals surface area contributed by atoms with Crippen molar-refractivity contribution in [2.45, 2.75) is 6.42 Å². The lowest BCUT2D eigenvalue weighted by molar-refractivity contribution is 0.0600. The number of ether oxygens (including phenoxy) is 1. The van der Waals surface area contributed by atoms with Gasteiger partial charge in [-0.3, -0.25) is 9.97 Å². The number of carbonyl (C=O) groups is 1. The molecule has 5 heteroatoms. The zero-order valence-corrected chi connectivity index (χ0v) is 19.3. The van der Waals surface area contributed by atoms with Crippen LogP contribution in [0.1, 0.15) is 32.7 Å². The molecule has 0 bridgehead atoms. The lowest BCUT2D eigenvalue weighted by Gasteiger charge is -2.09. The minimum absolute atomic E-state index is 0.369. The van der Waals surface area contributed by atoms with Gasteiger partial charge in [-0.25, -0.2) is 9.79 Å². The Morgan fingerprint density at radius 1 is 0.800 bits per heavy atom. The van der Waals surface area contributed by atoms with Crippen LogP contribution in [0.5, 0.6) is 0 Å². The molecule has 0 N–H and O–H groups in total. The number of carbonyl (C=O) groups excluding carboxylic acids is 1. The summed E-state index contributed by atoms with van der Waals surface area (Å²) in [5.41, 5.74) is 7.02. The molecule has 3 aromatic carbocycles. The highest BCUT2D eigenvalue weighted by Crippen LogP contribution is 2.24. The summed E-state index contributed by atoms with van der Waals surface area (Å²) in [4.78, 5) is 25.9. The number of benzene rings is 3. The normalized spacial score (nSPS) is 10.7. The number of aromatic nitrogens is 2. The Kier molecular flexibility index (Phi) is 6.39. The maximum absolute atomic E-state index is 11.9. The average Bonchev–Trinajstić information content (AvgIpc) is 2.92. The fraction of sp³-hybridized carbons (Fsp3) is 0.0667. The van der Waals surface area contributed by atoms with E-state index in [9.17, 15) is 4.79 Å². The van der Waals surface area contributed by atoms with Gasteiger partial charge in [0.25, 0.3) is 0 Å². The number of fused-ring (bicyclic) bond motifs is 1. The maximum Gasteiger partial charge on any atom is 0.337 e. The van der Waals surface area contributed by atoms with Gasteiger partial charge in [-0.1, -0.05) is 66.7 Å². The molecule has 0 aliphatic heterocycles. The van der Waals surface area contributed by atoms with Gasteiger partial charge in [0.05, 0.1) is 35.8 Å². The lowest BCUT2D eigenvalue weighted by Crippen LogP contribution is -2.03. The average molecular weight is 458 g/mol. The molecule has 5 rings (SSSR count). The van der Waals surface area contributed by atoms with Crippen molar-refractivity contribution in [3.05, 3.63) is 137 Å². The van der Waals surface area contributed by atoms with Crippen molar-refractivity contribution in [1.29, 1.82) is 0 Å². The predicted molar refractivity (Wildman–Crippen MR) is 138 cm³/mol. The van der Waals surface area contributed by atoms with Crippen LogP contribution in [0, 0.1) is 0 Å². The number of esters is 1. The SMILES string of the molecule is COC(=O)c1ccnc(Cc2ccc3ncc(N=C(c4ccccc4)c4ccccc4)cc3c2)c1. The minimum atomic E-state index is -0.369. The second kappa shape index (κ2) is 10.1.